The van der Waals surface area contributed by atoms with E-state index < -0.39 is 6.10 Å². The van der Waals surface area contributed by atoms with Crippen molar-refractivity contribution in [3.8, 4) is 0 Å². The minimum absolute atomic E-state index is 0.496. The van der Waals surface area contributed by atoms with Crippen LogP contribution in [0, 0.1) is 6.92 Å². The number of aliphatic hydroxyl groups excluding tert-OH is 1. The second-order valence-electron chi connectivity index (χ2n) is 4.29. The van der Waals surface area contributed by atoms with Gasteiger partial charge in [-0.15, -0.1) is 11.8 Å². The first-order chi connectivity index (χ1) is 8.70. The van der Waals surface area contributed by atoms with Crippen LogP contribution in [0.5, 0.6) is 0 Å². The predicted molar refractivity (Wildman–Crippen MR) is 75.9 cm³/mol. The van der Waals surface area contributed by atoms with Gasteiger partial charge in [-0.1, -0.05) is 24.3 Å². The third-order valence-electron chi connectivity index (χ3n) is 2.87. The monoisotopic (exact) mass is 259 g/mol. The van der Waals surface area contributed by atoms with Crippen molar-refractivity contribution >= 4 is 11.8 Å². The number of aliphatic hydroxyl groups is 1. The summed E-state index contributed by atoms with van der Waals surface area (Å²) in [5.41, 5.74) is 3.04. The Morgan fingerprint density at radius 1 is 1.22 bits per heavy atom. The SMILES string of the molecule is CSc1ccccc1C(O)Cc1ccc(C)cn1. The number of aryl methyl sites for hydroxylation is 1. The van der Waals surface area contributed by atoms with Crippen LogP contribution in [0.25, 0.3) is 0 Å². The van der Waals surface area contributed by atoms with Gasteiger partial charge in [0.15, 0.2) is 0 Å². The summed E-state index contributed by atoms with van der Waals surface area (Å²) in [5, 5.41) is 10.3. The zero-order valence-electron chi connectivity index (χ0n) is 10.6. The molecule has 2 nitrogen and oxygen atoms in total. The molecule has 94 valence electrons. The molecule has 1 aromatic heterocycles. The number of rotatable bonds is 4. The van der Waals surface area contributed by atoms with Crippen LogP contribution < -0.4 is 0 Å². The summed E-state index contributed by atoms with van der Waals surface area (Å²) in [6.07, 6.45) is 3.92. The first-order valence-corrected chi connectivity index (χ1v) is 7.15. The normalized spacial score (nSPS) is 12.4. The van der Waals surface area contributed by atoms with E-state index in [1.54, 1.807) is 11.8 Å². The number of hydrogen-bond donors (Lipinski definition) is 1. The highest BCUT2D eigenvalue weighted by atomic mass is 32.2. The molecule has 0 aliphatic carbocycles. The molecule has 1 unspecified atom stereocenters. The fraction of sp³-hybridized carbons (Fsp3) is 0.267. The topological polar surface area (TPSA) is 33.1 Å². The number of thioether (sulfide) groups is 1. The standard InChI is InChI=1S/C15H17NOS/c1-11-7-8-12(16-10-11)9-14(17)13-5-3-4-6-15(13)18-2/h3-8,10,14,17H,9H2,1-2H3. The number of pyridine rings is 1. The molecule has 3 heteroatoms. The van der Waals surface area contributed by atoms with E-state index in [1.807, 2.05) is 55.8 Å². The first-order valence-electron chi connectivity index (χ1n) is 5.93. The molecule has 1 aromatic carbocycles. The lowest BCUT2D eigenvalue weighted by atomic mass is 10.0. The van der Waals surface area contributed by atoms with Crippen molar-refractivity contribution in [2.45, 2.75) is 24.3 Å². The molecule has 0 bridgehead atoms. The van der Waals surface area contributed by atoms with E-state index in [0.717, 1.165) is 21.7 Å². The molecule has 0 saturated heterocycles. The molecule has 2 rings (SSSR count). The van der Waals surface area contributed by atoms with Gasteiger partial charge in [-0.25, -0.2) is 0 Å². The quantitative estimate of drug-likeness (QED) is 0.854. The Bertz CT molecular complexity index is 510. The van der Waals surface area contributed by atoms with Crippen molar-refractivity contribution in [2.75, 3.05) is 6.26 Å². The Balaban J connectivity index is 2.16. The Hall–Kier alpha value is -1.32. The van der Waals surface area contributed by atoms with Gasteiger partial charge in [-0.3, -0.25) is 4.98 Å². The maximum Gasteiger partial charge on any atom is 0.0856 e. The fourth-order valence-electron chi connectivity index (χ4n) is 1.87. The molecular weight excluding hydrogens is 242 g/mol. The van der Waals surface area contributed by atoms with E-state index in [4.69, 9.17) is 0 Å². The molecule has 1 heterocycles. The lowest BCUT2D eigenvalue weighted by molar-refractivity contribution is 0.174. The molecule has 0 amide bonds. The summed E-state index contributed by atoms with van der Waals surface area (Å²) in [6.45, 7) is 2.01. The average molecular weight is 259 g/mol. The van der Waals surface area contributed by atoms with Gasteiger partial charge >= 0.3 is 0 Å². The highest BCUT2D eigenvalue weighted by Crippen LogP contribution is 2.27. The van der Waals surface area contributed by atoms with Gasteiger partial charge in [-0.2, -0.15) is 0 Å². The smallest absolute Gasteiger partial charge is 0.0856 e. The number of nitrogens with zero attached hydrogens (tertiary/aromatic N) is 1. The number of benzene rings is 1. The lowest BCUT2D eigenvalue weighted by Gasteiger charge is -2.14. The maximum absolute atomic E-state index is 10.3. The summed E-state index contributed by atoms with van der Waals surface area (Å²) in [4.78, 5) is 5.45. The van der Waals surface area contributed by atoms with Crippen molar-refractivity contribution in [1.29, 1.82) is 0 Å². The average Bonchev–Trinajstić information content (AvgIpc) is 2.41. The highest BCUT2D eigenvalue weighted by Gasteiger charge is 2.12. The van der Waals surface area contributed by atoms with E-state index in [2.05, 4.69) is 4.98 Å². The molecule has 0 aliphatic heterocycles. The molecule has 0 fully saturated rings. The van der Waals surface area contributed by atoms with E-state index >= 15 is 0 Å². The summed E-state index contributed by atoms with van der Waals surface area (Å²) in [6, 6.07) is 12.0. The minimum Gasteiger partial charge on any atom is -0.388 e. The second kappa shape index (κ2) is 6.03. The van der Waals surface area contributed by atoms with Gasteiger partial charge in [-0.05, 0) is 36.4 Å². The van der Waals surface area contributed by atoms with Crippen LogP contribution in [0.1, 0.15) is 22.9 Å². The van der Waals surface area contributed by atoms with Crippen molar-refractivity contribution < 1.29 is 5.11 Å². The fourth-order valence-corrected chi connectivity index (χ4v) is 2.52. The summed E-state index contributed by atoms with van der Waals surface area (Å²) in [5.74, 6) is 0. The van der Waals surface area contributed by atoms with Crippen LogP contribution in [0.15, 0.2) is 47.5 Å². The summed E-state index contributed by atoms with van der Waals surface area (Å²) >= 11 is 1.66. The molecule has 0 spiro atoms. The first kappa shape index (κ1) is 13.1. The van der Waals surface area contributed by atoms with Crippen LogP contribution in [-0.4, -0.2) is 16.3 Å². The van der Waals surface area contributed by atoms with Crippen molar-refractivity contribution in [3.05, 3.63) is 59.4 Å². The van der Waals surface area contributed by atoms with Gasteiger partial charge < -0.3 is 5.11 Å². The Labute approximate surface area is 112 Å². The van der Waals surface area contributed by atoms with E-state index in [-0.39, 0.29) is 0 Å². The van der Waals surface area contributed by atoms with Gasteiger partial charge in [0.05, 0.1) is 6.10 Å². The third-order valence-corrected chi connectivity index (χ3v) is 3.68. The van der Waals surface area contributed by atoms with Crippen molar-refractivity contribution in [2.24, 2.45) is 0 Å². The van der Waals surface area contributed by atoms with Crippen LogP contribution in [0.4, 0.5) is 0 Å². The molecule has 0 radical (unpaired) electrons. The Morgan fingerprint density at radius 3 is 2.67 bits per heavy atom. The van der Waals surface area contributed by atoms with Crippen LogP contribution in [0.2, 0.25) is 0 Å². The second-order valence-corrected chi connectivity index (χ2v) is 5.14. The van der Waals surface area contributed by atoms with E-state index in [0.29, 0.717) is 6.42 Å². The highest BCUT2D eigenvalue weighted by molar-refractivity contribution is 7.98. The molecule has 18 heavy (non-hydrogen) atoms. The van der Waals surface area contributed by atoms with Crippen LogP contribution >= 0.6 is 11.8 Å². The van der Waals surface area contributed by atoms with Gasteiger partial charge in [0.25, 0.3) is 0 Å². The molecule has 2 aromatic rings. The molecule has 1 N–H and O–H groups in total. The zero-order chi connectivity index (χ0) is 13.0. The van der Waals surface area contributed by atoms with Crippen LogP contribution in [-0.2, 0) is 6.42 Å². The van der Waals surface area contributed by atoms with Crippen molar-refractivity contribution in [1.82, 2.24) is 4.98 Å². The van der Waals surface area contributed by atoms with Gasteiger partial charge in [0.2, 0.25) is 0 Å². The van der Waals surface area contributed by atoms with Gasteiger partial charge in [0, 0.05) is 23.2 Å². The molecular formula is C15H17NOS. The van der Waals surface area contributed by atoms with Crippen LogP contribution in [0.3, 0.4) is 0 Å². The lowest BCUT2D eigenvalue weighted by Crippen LogP contribution is -2.04. The molecule has 0 aliphatic rings. The zero-order valence-corrected chi connectivity index (χ0v) is 11.4. The Kier molecular flexibility index (Phi) is 4.39. The van der Waals surface area contributed by atoms with E-state index in [9.17, 15) is 5.11 Å². The largest absolute Gasteiger partial charge is 0.388 e. The molecule has 1 atom stereocenters. The van der Waals surface area contributed by atoms with Crippen molar-refractivity contribution in [3.63, 3.8) is 0 Å². The van der Waals surface area contributed by atoms with Gasteiger partial charge in [0.1, 0.15) is 0 Å². The number of aromatic nitrogens is 1. The Morgan fingerprint density at radius 2 is 2.00 bits per heavy atom. The summed E-state index contributed by atoms with van der Waals surface area (Å²) < 4.78 is 0. The molecule has 0 saturated carbocycles. The number of hydrogen-bond acceptors (Lipinski definition) is 3. The third kappa shape index (κ3) is 3.12. The predicted octanol–water partition coefficient (Wildman–Crippen LogP) is 3.39. The maximum atomic E-state index is 10.3. The van der Waals surface area contributed by atoms with E-state index in [1.165, 1.54) is 0 Å². The summed E-state index contributed by atoms with van der Waals surface area (Å²) in [7, 11) is 0. The minimum atomic E-state index is -0.496.